The molecule has 3 nitrogen and oxygen atoms in total. The largest absolute Gasteiger partial charge is 0.489 e. The van der Waals surface area contributed by atoms with Gasteiger partial charge in [0, 0.05) is 5.56 Å². The molecule has 1 unspecified atom stereocenters. The number of oxime groups is 1. The van der Waals surface area contributed by atoms with E-state index in [1.165, 1.54) is 0 Å². The highest BCUT2D eigenvalue weighted by Crippen LogP contribution is 2.22. The van der Waals surface area contributed by atoms with Crippen LogP contribution in [-0.2, 0) is 6.61 Å². The van der Waals surface area contributed by atoms with Crippen molar-refractivity contribution in [1.29, 1.82) is 0 Å². The molecular weight excluding hydrogens is 318 g/mol. The molecule has 0 saturated carbocycles. The van der Waals surface area contributed by atoms with Gasteiger partial charge in [-0.1, -0.05) is 55.3 Å². The number of hydrogen-bond donors (Lipinski definition) is 1. The summed E-state index contributed by atoms with van der Waals surface area (Å²) in [5.74, 6) is 0.814. The molecule has 24 heavy (non-hydrogen) atoms. The number of hydrogen-bond acceptors (Lipinski definition) is 4. The molecule has 0 bridgehead atoms. The molecule has 128 valence electrons. The predicted octanol–water partition coefficient (Wildman–Crippen LogP) is 5.37. The van der Waals surface area contributed by atoms with Gasteiger partial charge in [-0.05, 0) is 42.5 Å². The fraction of sp³-hybridized carbons (Fsp3) is 0.350. The summed E-state index contributed by atoms with van der Waals surface area (Å²) in [6.45, 7) is 2.72. The Morgan fingerprint density at radius 2 is 1.83 bits per heavy atom. The summed E-state index contributed by atoms with van der Waals surface area (Å²) in [6.07, 6.45) is 5.34. The summed E-state index contributed by atoms with van der Waals surface area (Å²) in [7, 11) is 0. The molecule has 0 aromatic heterocycles. The first kappa shape index (κ1) is 18.4. The highest BCUT2D eigenvalue weighted by Gasteiger charge is 2.17. The number of nitrogens with zero attached hydrogens (tertiary/aromatic N) is 1. The molecule has 0 heterocycles. The molecule has 0 aliphatic carbocycles. The van der Waals surface area contributed by atoms with Crippen LogP contribution in [0, 0.1) is 0 Å². The first-order valence-corrected chi connectivity index (χ1v) is 9.59. The van der Waals surface area contributed by atoms with Crippen molar-refractivity contribution >= 4 is 17.5 Å². The third-order valence-corrected chi connectivity index (χ3v) is 4.94. The van der Waals surface area contributed by atoms with Gasteiger partial charge in [-0.25, -0.2) is 0 Å². The maximum atomic E-state index is 9.45. The molecule has 2 aromatic carbocycles. The van der Waals surface area contributed by atoms with Crippen LogP contribution in [0.4, 0.5) is 0 Å². The number of unbranched alkanes of at least 4 members (excludes halogenated alkanes) is 1. The van der Waals surface area contributed by atoms with Crippen LogP contribution >= 0.6 is 11.8 Å². The third-order valence-electron chi connectivity index (χ3n) is 3.92. The van der Waals surface area contributed by atoms with Crippen LogP contribution in [0.5, 0.6) is 5.75 Å². The molecular formula is C20H25NO2S. The van der Waals surface area contributed by atoms with Gasteiger partial charge in [0.25, 0.3) is 0 Å². The zero-order valence-electron chi connectivity index (χ0n) is 14.3. The average molecular weight is 343 g/mol. The number of thioether (sulfide) groups is 1. The fourth-order valence-corrected chi connectivity index (χ4v) is 3.34. The van der Waals surface area contributed by atoms with E-state index in [1.807, 2.05) is 54.6 Å². The maximum Gasteiger partial charge on any atom is 0.119 e. The van der Waals surface area contributed by atoms with Crippen LogP contribution in [0.3, 0.4) is 0 Å². The van der Waals surface area contributed by atoms with Crippen molar-refractivity contribution in [3.63, 3.8) is 0 Å². The Morgan fingerprint density at radius 3 is 2.42 bits per heavy atom. The smallest absolute Gasteiger partial charge is 0.119 e. The van der Waals surface area contributed by atoms with E-state index in [9.17, 15) is 5.21 Å². The van der Waals surface area contributed by atoms with Crippen molar-refractivity contribution in [2.45, 2.75) is 38.0 Å². The summed E-state index contributed by atoms with van der Waals surface area (Å²) < 4.78 is 5.80. The first-order chi connectivity index (χ1) is 11.8. The Balaban J connectivity index is 2.01. The quantitative estimate of drug-likeness (QED) is 0.378. The standard InChI is InChI=1S/C20H25NO2S/c1-3-4-10-19(24-2)20(21-22)17-11-13-18(14-12-17)23-15-16-8-6-5-7-9-16/h5-9,11-14,19,22H,3-4,10,15H2,1-2H3. The highest BCUT2D eigenvalue weighted by atomic mass is 32.2. The summed E-state index contributed by atoms with van der Waals surface area (Å²) in [5, 5.41) is 13.2. The minimum atomic E-state index is 0.214. The van der Waals surface area contributed by atoms with E-state index >= 15 is 0 Å². The summed E-state index contributed by atoms with van der Waals surface area (Å²) in [4.78, 5) is 0. The van der Waals surface area contributed by atoms with E-state index in [-0.39, 0.29) is 5.25 Å². The lowest BCUT2D eigenvalue weighted by Crippen LogP contribution is -2.18. The van der Waals surface area contributed by atoms with Gasteiger partial charge in [-0.3, -0.25) is 0 Å². The van der Waals surface area contributed by atoms with Gasteiger partial charge in [-0.2, -0.15) is 11.8 Å². The molecule has 4 heteroatoms. The fourth-order valence-electron chi connectivity index (χ4n) is 2.53. The van der Waals surface area contributed by atoms with Gasteiger partial charge in [0.2, 0.25) is 0 Å². The van der Waals surface area contributed by atoms with Gasteiger partial charge in [0.15, 0.2) is 0 Å². The highest BCUT2D eigenvalue weighted by molar-refractivity contribution is 8.00. The Hall–Kier alpha value is -1.94. The molecule has 1 N–H and O–H groups in total. The zero-order chi connectivity index (χ0) is 17.2. The van der Waals surface area contributed by atoms with E-state index < -0.39 is 0 Å². The SMILES string of the molecule is CCCCC(SC)C(=NO)c1ccc(OCc2ccccc2)cc1. The molecule has 0 fully saturated rings. The summed E-state index contributed by atoms with van der Waals surface area (Å²) in [5.41, 5.74) is 2.83. The second-order valence-corrected chi connectivity index (χ2v) is 6.69. The van der Waals surface area contributed by atoms with Gasteiger partial charge >= 0.3 is 0 Å². The van der Waals surface area contributed by atoms with Crippen molar-refractivity contribution < 1.29 is 9.94 Å². The lowest BCUT2D eigenvalue weighted by molar-refractivity contribution is 0.306. The maximum absolute atomic E-state index is 9.45. The Kier molecular flexibility index (Phi) is 7.69. The average Bonchev–Trinajstić information content (AvgIpc) is 2.65. The lowest BCUT2D eigenvalue weighted by Gasteiger charge is -2.16. The van der Waals surface area contributed by atoms with Crippen molar-refractivity contribution in [2.75, 3.05) is 6.26 Å². The van der Waals surface area contributed by atoms with Gasteiger partial charge in [-0.15, -0.1) is 0 Å². The lowest BCUT2D eigenvalue weighted by atomic mass is 10.0. The molecule has 0 aliphatic rings. The van der Waals surface area contributed by atoms with E-state index in [1.54, 1.807) is 11.8 Å². The van der Waals surface area contributed by atoms with Crippen LogP contribution in [0.2, 0.25) is 0 Å². The van der Waals surface area contributed by atoms with E-state index in [4.69, 9.17) is 4.74 Å². The van der Waals surface area contributed by atoms with E-state index in [2.05, 4.69) is 18.3 Å². The number of benzene rings is 2. The van der Waals surface area contributed by atoms with Gasteiger partial charge < -0.3 is 9.94 Å². The predicted molar refractivity (Wildman–Crippen MR) is 102 cm³/mol. The van der Waals surface area contributed by atoms with Crippen molar-refractivity contribution in [3.8, 4) is 5.75 Å². The van der Waals surface area contributed by atoms with Gasteiger partial charge in [0.1, 0.15) is 12.4 Å². The summed E-state index contributed by atoms with van der Waals surface area (Å²) in [6, 6.07) is 17.9. The van der Waals surface area contributed by atoms with Gasteiger partial charge in [0.05, 0.1) is 11.0 Å². The second kappa shape index (κ2) is 10.0. The number of rotatable bonds is 9. The zero-order valence-corrected chi connectivity index (χ0v) is 15.1. The molecule has 0 amide bonds. The second-order valence-electron chi connectivity index (χ2n) is 5.65. The monoisotopic (exact) mass is 343 g/mol. The molecule has 0 aliphatic heterocycles. The van der Waals surface area contributed by atoms with Crippen molar-refractivity contribution in [1.82, 2.24) is 0 Å². The van der Waals surface area contributed by atoms with Crippen molar-refractivity contribution in [3.05, 3.63) is 65.7 Å². The molecule has 1 atom stereocenters. The van der Waals surface area contributed by atoms with Crippen LogP contribution in [0.25, 0.3) is 0 Å². The van der Waals surface area contributed by atoms with Crippen LogP contribution in [0.15, 0.2) is 59.8 Å². The minimum Gasteiger partial charge on any atom is -0.489 e. The summed E-state index contributed by atoms with van der Waals surface area (Å²) >= 11 is 1.73. The first-order valence-electron chi connectivity index (χ1n) is 8.30. The van der Waals surface area contributed by atoms with Crippen molar-refractivity contribution in [2.24, 2.45) is 5.16 Å². The minimum absolute atomic E-state index is 0.214. The molecule has 0 saturated heterocycles. The van der Waals surface area contributed by atoms with E-state index in [0.717, 1.165) is 41.9 Å². The van der Waals surface area contributed by atoms with E-state index in [0.29, 0.717) is 6.61 Å². The normalized spacial score (nSPS) is 12.8. The Bertz CT molecular complexity index is 626. The topological polar surface area (TPSA) is 41.8 Å². The third kappa shape index (κ3) is 5.31. The molecule has 0 spiro atoms. The van der Waals surface area contributed by atoms with Crippen LogP contribution < -0.4 is 4.74 Å². The molecule has 2 rings (SSSR count). The molecule has 0 radical (unpaired) electrons. The number of ether oxygens (including phenoxy) is 1. The molecule has 2 aromatic rings. The van der Waals surface area contributed by atoms with Crippen LogP contribution in [-0.4, -0.2) is 22.4 Å². The Morgan fingerprint density at radius 1 is 1.12 bits per heavy atom. The Labute approximate surface area is 148 Å². The van der Waals surface area contributed by atoms with Crippen LogP contribution in [0.1, 0.15) is 37.3 Å².